The van der Waals surface area contributed by atoms with Crippen LogP contribution in [-0.4, -0.2) is 24.3 Å². The largest absolute Gasteiger partial charge is 0.343 e. The van der Waals surface area contributed by atoms with Crippen LogP contribution in [0.15, 0.2) is 84.9 Å². The van der Waals surface area contributed by atoms with Gasteiger partial charge in [-0.3, -0.25) is 14.4 Å². The predicted octanol–water partition coefficient (Wildman–Crippen LogP) is 3.31. The van der Waals surface area contributed by atoms with Gasteiger partial charge in [-0.1, -0.05) is 42.5 Å². The lowest BCUT2D eigenvalue weighted by Gasteiger charge is -2.10. The van der Waals surface area contributed by atoms with Crippen LogP contribution in [-0.2, 0) is 4.79 Å². The maximum Gasteiger partial charge on any atom is 0.255 e. The van der Waals surface area contributed by atoms with E-state index in [1.54, 1.807) is 72.8 Å². The zero-order valence-corrected chi connectivity index (χ0v) is 15.0. The number of nitrogens with one attached hydrogen (secondary N) is 3. The van der Waals surface area contributed by atoms with E-state index in [0.717, 1.165) is 0 Å². The van der Waals surface area contributed by atoms with Gasteiger partial charge in [-0.15, -0.1) is 0 Å². The molecule has 0 aliphatic carbocycles. The smallest absolute Gasteiger partial charge is 0.255 e. The van der Waals surface area contributed by atoms with Crippen LogP contribution >= 0.6 is 0 Å². The molecule has 0 unspecified atom stereocenters. The Bertz CT molecular complexity index is 973. The Kier molecular flexibility index (Phi) is 6.15. The van der Waals surface area contributed by atoms with Gasteiger partial charge in [0.25, 0.3) is 11.8 Å². The summed E-state index contributed by atoms with van der Waals surface area (Å²) in [5.41, 5.74) is 2.10. The molecule has 0 saturated heterocycles. The first-order chi connectivity index (χ1) is 13.6. The summed E-state index contributed by atoms with van der Waals surface area (Å²) in [6.07, 6.45) is 0. The summed E-state index contributed by atoms with van der Waals surface area (Å²) in [5, 5.41) is 8.05. The Balaban J connectivity index is 1.54. The van der Waals surface area contributed by atoms with Crippen LogP contribution < -0.4 is 16.0 Å². The summed E-state index contributed by atoms with van der Waals surface area (Å²) >= 11 is 0. The minimum atomic E-state index is -0.365. The number of carbonyl (C=O) groups excluding carboxylic acids is 3. The van der Waals surface area contributed by atoms with Crippen LogP contribution in [0.25, 0.3) is 0 Å². The van der Waals surface area contributed by atoms with Crippen LogP contribution in [0.2, 0.25) is 0 Å². The van der Waals surface area contributed by atoms with Gasteiger partial charge in [-0.2, -0.15) is 0 Å². The lowest BCUT2D eigenvalue weighted by Crippen LogP contribution is -2.32. The SMILES string of the molecule is O=C(CNC(=O)c1ccccc1)Nc1cccc(NC(=O)c2ccccc2)c1. The minimum absolute atomic E-state index is 0.158. The fourth-order valence-corrected chi connectivity index (χ4v) is 2.52. The van der Waals surface area contributed by atoms with Crippen molar-refractivity contribution in [3.8, 4) is 0 Å². The third-order valence-corrected chi connectivity index (χ3v) is 3.89. The molecule has 0 fully saturated rings. The van der Waals surface area contributed by atoms with Gasteiger partial charge in [0.15, 0.2) is 0 Å². The fraction of sp³-hybridized carbons (Fsp3) is 0.0455. The van der Waals surface area contributed by atoms with E-state index in [-0.39, 0.29) is 24.3 Å². The Morgan fingerprint density at radius 3 is 1.75 bits per heavy atom. The maximum absolute atomic E-state index is 12.2. The van der Waals surface area contributed by atoms with Gasteiger partial charge in [0, 0.05) is 22.5 Å². The number of amides is 3. The van der Waals surface area contributed by atoms with Gasteiger partial charge in [0.2, 0.25) is 5.91 Å². The van der Waals surface area contributed by atoms with E-state index in [1.165, 1.54) is 0 Å². The highest BCUT2D eigenvalue weighted by atomic mass is 16.2. The molecule has 3 N–H and O–H groups in total. The third-order valence-electron chi connectivity index (χ3n) is 3.89. The van der Waals surface area contributed by atoms with E-state index in [2.05, 4.69) is 16.0 Å². The average molecular weight is 373 g/mol. The Labute approximate surface area is 162 Å². The first kappa shape index (κ1) is 18.8. The summed E-state index contributed by atoms with van der Waals surface area (Å²) in [6, 6.07) is 24.3. The monoisotopic (exact) mass is 373 g/mol. The molecule has 0 bridgehead atoms. The van der Waals surface area contributed by atoms with Crippen LogP contribution in [0.3, 0.4) is 0 Å². The lowest BCUT2D eigenvalue weighted by atomic mass is 10.2. The molecule has 6 nitrogen and oxygen atoms in total. The van der Waals surface area contributed by atoms with Gasteiger partial charge in [-0.25, -0.2) is 0 Å². The van der Waals surface area contributed by atoms with Crippen molar-refractivity contribution in [2.24, 2.45) is 0 Å². The van der Waals surface area contributed by atoms with Crippen molar-refractivity contribution in [1.82, 2.24) is 5.32 Å². The highest BCUT2D eigenvalue weighted by Gasteiger charge is 2.09. The lowest BCUT2D eigenvalue weighted by molar-refractivity contribution is -0.115. The normalized spacial score (nSPS) is 10.0. The minimum Gasteiger partial charge on any atom is -0.343 e. The summed E-state index contributed by atoms with van der Waals surface area (Å²) in [6.45, 7) is -0.158. The van der Waals surface area contributed by atoms with Crippen LogP contribution in [0.4, 0.5) is 11.4 Å². The van der Waals surface area contributed by atoms with E-state index in [1.807, 2.05) is 12.1 Å². The number of benzene rings is 3. The average Bonchev–Trinajstić information content (AvgIpc) is 2.73. The van der Waals surface area contributed by atoms with Gasteiger partial charge >= 0.3 is 0 Å². The Morgan fingerprint density at radius 1 is 0.607 bits per heavy atom. The van der Waals surface area contributed by atoms with E-state index in [4.69, 9.17) is 0 Å². The molecular weight excluding hydrogens is 354 g/mol. The molecule has 0 saturated carbocycles. The van der Waals surface area contributed by atoms with E-state index < -0.39 is 0 Å². The molecule has 3 aromatic rings. The predicted molar refractivity (Wildman–Crippen MR) is 108 cm³/mol. The van der Waals surface area contributed by atoms with Crippen LogP contribution in [0, 0.1) is 0 Å². The van der Waals surface area contributed by atoms with E-state index >= 15 is 0 Å². The van der Waals surface area contributed by atoms with Crippen LogP contribution in [0.1, 0.15) is 20.7 Å². The third kappa shape index (κ3) is 5.28. The Morgan fingerprint density at radius 2 is 1.14 bits per heavy atom. The zero-order chi connectivity index (χ0) is 19.8. The summed E-state index contributed by atoms with van der Waals surface area (Å²) in [4.78, 5) is 36.3. The van der Waals surface area contributed by atoms with Crippen LogP contribution in [0.5, 0.6) is 0 Å². The second-order valence-electron chi connectivity index (χ2n) is 6.00. The van der Waals surface area contributed by atoms with Crippen molar-refractivity contribution >= 4 is 29.1 Å². The molecule has 3 aromatic carbocycles. The van der Waals surface area contributed by atoms with Gasteiger partial charge in [0.05, 0.1) is 6.54 Å². The number of hydrogen-bond donors (Lipinski definition) is 3. The molecule has 3 rings (SSSR count). The molecule has 0 spiro atoms. The molecule has 0 heterocycles. The molecule has 0 aromatic heterocycles. The molecular formula is C22H19N3O3. The van der Waals surface area contributed by atoms with Gasteiger partial charge in [0.1, 0.15) is 0 Å². The zero-order valence-electron chi connectivity index (χ0n) is 15.0. The molecule has 6 heteroatoms. The van der Waals surface area contributed by atoms with Gasteiger partial charge < -0.3 is 16.0 Å². The standard InChI is InChI=1S/C22H19N3O3/c26-20(15-23-21(27)16-8-3-1-4-9-16)24-18-12-7-13-19(14-18)25-22(28)17-10-5-2-6-11-17/h1-14H,15H2,(H,23,27)(H,24,26)(H,25,28). The molecule has 0 aliphatic rings. The molecule has 0 aliphatic heterocycles. The molecule has 0 atom stereocenters. The highest BCUT2D eigenvalue weighted by Crippen LogP contribution is 2.16. The van der Waals surface area contributed by atoms with Gasteiger partial charge in [-0.05, 0) is 42.5 Å². The van der Waals surface area contributed by atoms with E-state index in [0.29, 0.717) is 22.5 Å². The quantitative estimate of drug-likeness (QED) is 0.619. The van der Waals surface area contributed by atoms with Crippen molar-refractivity contribution in [1.29, 1.82) is 0 Å². The van der Waals surface area contributed by atoms with Crippen molar-refractivity contribution in [3.63, 3.8) is 0 Å². The topological polar surface area (TPSA) is 87.3 Å². The summed E-state index contributed by atoms with van der Waals surface area (Å²) in [5.74, 6) is -0.922. The fourth-order valence-electron chi connectivity index (χ4n) is 2.52. The Hall–Kier alpha value is -3.93. The molecule has 3 amide bonds. The highest BCUT2D eigenvalue weighted by molar-refractivity contribution is 6.05. The van der Waals surface area contributed by atoms with Crippen molar-refractivity contribution < 1.29 is 14.4 Å². The summed E-state index contributed by atoms with van der Waals surface area (Å²) < 4.78 is 0. The number of hydrogen-bond acceptors (Lipinski definition) is 3. The molecule has 0 radical (unpaired) electrons. The van der Waals surface area contributed by atoms with Crippen molar-refractivity contribution in [2.45, 2.75) is 0 Å². The first-order valence-corrected chi connectivity index (χ1v) is 8.71. The molecule has 28 heavy (non-hydrogen) atoms. The summed E-state index contributed by atoms with van der Waals surface area (Å²) in [7, 11) is 0. The second kappa shape index (κ2) is 9.14. The van der Waals surface area contributed by atoms with Crippen molar-refractivity contribution in [3.05, 3.63) is 96.1 Å². The molecule has 140 valence electrons. The number of rotatable bonds is 6. The maximum atomic E-state index is 12.2. The number of carbonyl (C=O) groups is 3. The second-order valence-corrected chi connectivity index (χ2v) is 6.00. The van der Waals surface area contributed by atoms with E-state index in [9.17, 15) is 14.4 Å². The number of anilines is 2. The first-order valence-electron chi connectivity index (χ1n) is 8.71. The van der Waals surface area contributed by atoms with Crippen molar-refractivity contribution in [2.75, 3.05) is 17.2 Å².